The number of nitrogens with one attached hydrogen (secondary N) is 6. The number of hydrogen-bond donors (Lipinski definition) is 10. The van der Waals surface area contributed by atoms with Gasteiger partial charge in [0.25, 0.3) is 5.69 Å². The summed E-state index contributed by atoms with van der Waals surface area (Å²) in [6.45, 7) is 9.95. The first-order valence-corrected chi connectivity index (χ1v) is 21.3. The molecular weight excluding hydrogens is 881 g/mol. The molecule has 0 radical (unpaired) electrons. The standard InChI is InChI=1S/C41H64FN7O17/c1-39(2,3)65-37(55)47-24-14-13-23(18-44-36(54)60-19-21-9-11-22(12-10-21)49(58)59)62-34(24)63-31-26(48-38(56)66-40(4,5)6)17-25(46-33(53)27(50)15-16-45-42)30(28(31)51)64-35-29(52)32(43-8)41(7,57)20-61-35/h9-13,24-32,34-35,43,45,50-52,57H,14-20H2,1-8H3,(H,44,54)(H,46,53)(H,47,55)(H,48,56). The molecule has 25 heteroatoms. The molecule has 12 atom stereocenters. The second kappa shape index (κ2) is 23.1. The number of aliphatic hydroxyl groups excluding tert-OH is 3. The van der Waals surface area contributed by atoms with Crippen LogP contribution in [-0.2, 0) is 44.6 Å². The van der Waals surface area contributed by atoms with Crippen molar-refractivity contribution in [1.82, 2.24) is 32.1 Å². The summed E-state index contributed by atoms with van der Waals surface area (Å²) < 4.78 is 53.6. The van der Waals surface area contributed by atoms with Gasteiger partial charge in [-0.2, -0.15) is 5.54 Å². The van der Waals surface area contributed by atoms with Crippen LogP contribution in [0.25, 0.3) is 0 Å². The summed E-state index contributed by atoms with van der Waals surface area (Å²) in [5.74, 6) is -0.895. The Kier molecular flexibility index (Phi) is 18.8. The fourth-order valence-electron chi connectivity index (χ4n) is 7.32. The number of non-ortho nitro benzene ring substituents is 1. The lowest BCUT2D eigenvalue weighted by molar-refractivity contribution is -0.384. The molecule has 12 unspecified atom stereocenters. The lowest BCUT2D eigenvalue weighted by Crippen LogP contribution is -2.70. The topological polar surface area (TPSA) is 329 Å². The van der Waals surface area contributed by atoms with Gasteiger partial charge in [-0.1, -0.05) is 0 Å². The van der Waals surface area contributed by atoms with E-state index in [1.807, 2.05) is 0 Å². The van der Waals surface area contributed by atoms with Crippen LogP contribution in [0.4, 0.5) is 24.6 Å². The summed E-state index contributed by atoms with van der Waals surface area (Å²) in [4.78, 5) is 63.0. The van der Waals surface area contributed by atoms with Gasteiger partial charge in [0.2, 0.25) is 12.2 Å². The molecule has 0 bridgehead atoms. The Morgan fingerprint density at radius 3 is 2.05 bits per heavy atom. The number of benzene rings is 1. The average Bonchev–Trinajstić information content (AvgIpc) is 3.21. The van der Waals surface area contributed by atoms with Crippen molar-refractivity contribution in [3.63, 3.8) is 0 Å². The second-order valence-corrected chi connectivity index (χ2v) is 18.3. The van der Waals surface area contributed by atoms with E-state index in [0.29, 0.717) is 5.56 Å². The van der Waals surface area contributed by atoms with E-state index in [0.717, 1.165) is 0 Å². The first-order valence-electron chi connectivity index (χ1n) is 21.3. The van der Waals surface area contributed by atoms with Gasteiger partial charge in [-0.3, -0.25) is 14.9 Å². The van der Waals surface area contributed by atoms with Crippen LogP contribution in [-0.4, -0.2) is 160 Å². The summed E-state index contributed by atoms with van der Waals surface area (Å²) in [5, 5.41) is 69.3. The van der Waals surface area contributed by atoms with Crippen LogP contribution in [0.3, 0.4) is 0 Å². The van der Waals surface area contributed by atoms with Gasteiger partial charge in [0.05, 0.1) is 42.2 Å². The van der Waals surface area contributed by atoms with Crippen molar-refractivity contribution in [2.75, 3.05) is 26.7 Å². The maximum atomic E-state index is 13.4. The molecule has 66 heavy (non-hydrogen) atoms. The molecule has 2 heterocycles. The maximum Gasteiger partial charge on any atom is 0.408 e. The number of nitro groups is 1. The third kappa shape index (κ3) is 15.8. The van der Waals surface area contributed by atoms with Crippen molar-refractivity contribution in [2.45, 2.75) is 158 Å². The Hall–Kier alpha value is -4.99. The minimum atomic E-state index is -1.88. The molecule has 372 valence electrons. The summed E-state index contributed by atoms with van der Waals surface area (Å²) in [7, 11) is 1.49. The fourth-order valence-corrected chi connectivity index (χ4v) is 7.32. The summed E-state index contributed by atoms with van der Waals surface area (Å²) in [6.07, 6.45) is -13.2. The van der Waals surface area contributed by atoms with Crippen molar-refractivity contribution in [3.8, 4) is 0 Å². The number of nitrogens with zero attached hydrogens (tertiary/aromatic N) is 1. The van der Waals surface area contributed by atoms with Crippen LogP contribution in [0.5, 0.6) is 0 Å². The first-order chi connectivity index (χ1) is 30.8. The highest BCUT2D eigenvalue weighted by Gasteiger charge is 2.53. The van der Waals surface area contributed by atoms with Crippen LogP contribution in [0.15, 0.2) is 36.1 Å². The predicted molar refractivity (Wildman–Crippen MR) is 226 cm³/mol. The molecule has 24 nitrogen and oxygen atoms in total. The molecule has 10 N–H and O–H groups in total. The largest absolute Gasteiger partial charge is 0.465 e. The van der Waals surface area contributed by atoms with Gasteiger partial charge >= 0.3 is 18.3 Å². The molecule has 1 saturated carbocycles. The van der Waals surface area contributed by atoms with Gasteiger partial charge in [0, 0.05) is 18.7 Å². The molecule has 4 amide bonds. The number of halogens is 1. The highest BCUT2D eigenvalue weighted by molar-refractivity contribution is 5.81. The monoisotopic (exact) mass is 945 g/mol. The van der Waals surface area contributed by atoms with Crippen molar-refractivity contribution in [2.24, 2.45) is 0 Å². The second-order valence-electron chi connectivity index (χ2n) is 18.3. The highest BCUT2D eigenvalue weighted by atomic mass is 19.2. The maximum absolute atomic E-state index is 13.4. The Morgan fingerprint density at radius 2 is 1.48 bits per heavy atom. The Bertz CT molecular complexity index is 1850. The van der Waals surface area contributed by atoms with Gasteiger partial charge in [0.1, 0.15) is 59.7 Å². The normalized spacial score (nSPS) is 29.5. The minimum Gasteiger partial charge on any atom is -0.465 e. The van der Waals surface area contributed by atoms with Crippen LogP contribution >= 0.6 is 0 Å². The Labute approximate surface area is 380 Å². The SMILES string of the molecule is CNC1C(O)C(OC2C(NC(=O)C(O)CCNF)CC(NC(=O)OC(C)(C)C)C(OC3OC(CNC(=O)OCc4ccc([N+](=O)[O-])cc4)=CCC3NC(=O)OC(C)(C)C)C2O)OCC1(C)O. The van der Waals surface area contributed by atoms with Crippen LogP contribution < -0.4 is 32.1 Å². The molecule has 1 saturated heterocycles. The molecule has 3 aliphatic rings. The zero-order chi connectivity index (χ0) is 49.1. The quantitative estimate of drug-likeness (QED) is 0.0441. The molecular formula is C41H64FN7O17. The van der Waals surface area contributed by atoms with Crippen LogP contribution in [0, 0.1) is 10.1 Å². The minimum absolute atomic E-state index is 0.00339. The van der Waals surface area contributed by atoms with Crippen molar-refractivity contribution in [3.05, 3.63) is 51.8 Å². The van der Waals surface area contributed by atoms with Gasteiger partial charge in [-0.05, 0) is 98.5 Å². The molecule has 2 aliphatic heterocycles. The van der Waals surface area contributed by atoms with Gasteiger partial charge < -0.3 is 80.2 Å². The molecule has 1 aromatic rings. The number of ether oxygens (including phenoxy) is 7. The number of likely N-dealkylation sites (N-methyl/N-ethyl adjacent to an activating group) is 1. The van der Waals surface area contributed by atoms with E-state index in [9.17, 15) is 54.2 Å². The average molecular weight is 946 g/mol. The number of carbonyl (C=O) groups is 4. The van der Waals surface area contributed by atoms with E-state index in [4.69, 9.17) is 33.2 Å². The third-order valence-electron chi connectivity index (χ3n) is 10.4. The predicted octanol–water partition coefficient (Wildman–Crippen LogP) is 0.539. The zero-order valence-electron chi connectivity index (χ0n) is 38.1. The third-order valence-corrected chi connectivity index (χ3v) is 10.4. The number of hydrogen-bond acceptors (Lipinski definition) is 19. The van der Waals surface area contributed by atoms with E-state index in [2.05, 4.69) is 26.6 Å². The van der Waals surface area contributed by atoms with Crippen molar-refractivity contribution in [1.29, 1.82) is 0 Å². The van der Waals surface area contributed by atoms with E-state index < -0.39 is 113 Å². The van der Waals surface area contributed by atoms with Crippen molar-refractivity contribution < 1.29 is 82.2 Å². The number of aliphatic hydroxyl groups is 4. The fraction of sp³-hybridized carbons (Fsp3) is 0.707. The van der Waals surface area contributed by atoms with Gasteiger partial charge in [-0.15, -0.1) is 4.48 Å². The molecule has 2 fully saturated rings. The molecule has 0 spiro atoms. The molecule has 4 rings (SSSR count). The number of amides is 4. The van der Waals surface area contributed by atoms with E-state index in [1.165, 1.54) is 43.8 Å². The number of alkyl carbamates (subject to hydrolysis) is 3. The molecule has 1 aromatic carbocycles. The smallest absolute Gasteiger partial charge is 0.408 e. The van der Waals surface area contributed by atoms with E-state index in [1.54, 1.807) is 47.6 Å². The molecule has 1 aliphatic carbocycles. The van der Waals surface area contributed by atoms with Crippen molar-refractivity contribution >= 4 is 29.9 Å². The van der Waals surface area contributed by atoms with Gasteiger partial charge in [0.15, 0.2) is 6.29 Å². The zero-order valence-corrected chi connectivity index (χ0v) is 38.1. The van der Waals surface area contributed by atoms with Crippen LogP contribution in [0.2, 0.25) is 0 Å². The lowest BCUT2D eigenvalue weighted by Gasteiger charge is -2.49. The van der Waals surface area contributed by atoms with Crippen LogP contribution in [0.1, 0.15) is 73.3 Å². The summed E-state index contributed by atoms with van der Waals surface area (Å²) >= 11 is 0. The summed E-state index contributed by atoms with van der Waals surface area (Å²) in [6, 6.07) is 0.742. The van der Waals surface area contributed by atoms with E-state index in [-0.39, 0.29) is 57.0 Å². The first kappa shape index (κ1) is 53.6. The lowest BCUT2D eigenvalue weighted by atomic mass is 9.82. The Morgan fingerprint density at radius 1 is 0.909 bits per heavy atom. The Balaban J connectivity index is 1.66. The summed E-state index contributed by atoms with van der Waals surface area (Å²) in [5.41, 5.74) is -1.83. The number of rotatable bonds is 17. The molecule has 0 aromatic heterocycles. The number of nitro benzene ring substituents is 1. The van der Waals surface area contributed by atoms with Gasteiger partial charge in [-0.25, -0.2) is 14.4 Å². The van der Waals surface area contributed by atoms with E-state index >= 15 is 0 Å². The number of carbonyl (C=O) groups excluding carboxylic acids is 4. The highest BCUT2D eigenvalue weighted by Crippen LogP contribution is 2.33.